The van der Waals surface area contributed by atoms with Crippen LogP contribution in [-0.2, 0) is 16.6 Å². The van der Waals surface area contributed by atoms with Gasteiger partial charge in [-0.2, -0.15) is 4.31 Å². The maximum Gasteiger partial charge on any atom is 0.243 e. The second-order valence-corrected chi connectivity index (χ2v) is 8.91. The lowest BCUT2D eigenvalue weighted by molar-refractivity contribution is 0.179. The first-order chi connectivity index (χ1) is 11.5. The summed E-state index contributed by atoms with van der Waals surface area (Å²) < 4.78 is 27.4. The Bertz CT molecular complexity index is 645. The maximum absolute atomic E-state index is 12.9. The molecular weight excluding hydrogens is 360 g/mol. The fourth-order valence-electron chi connectivity index (χ4n) is 3.56. The molecule has 0 spiro atoms. The van der Waals surface area contributed by atoms with Crippen molar-refractivity contribution in [2.75, 3.05) is 53.4 Å². The quantitative estimate of drug-likeness (QED) is 0.810. The Labute approximate surface area is 157 Å². The molecule has 1 unspecified atom stereocenters. The van der Waals surface area contributed by atoms with Gasteiger partial charge in [-0.15, -0.1) is 12.4 Å². The minimum Gasteiger partial charge on any atom is -0.314 e. The van der Waals surface area contributed by atoms with E-state index in [9.17, 15) is 8.42 Å². The molecule has 0 bridgehead atoms. The summed E-state index contributed by atoms with van der Waals surface area (Å²) in [5, 5.41) is 3.35. The molecule has 2 fully saturated rings. The number of hydrogen-bond acceptors (Lipinski definition) is 5. The van der Waals surface area contributed by atoms with Crippen molar-refractivity contribution in [2.24, 2.45) is 0 Å². The highest BCUT2D eigenvalue weighted by Crippen LogP contribution is 2.24. The zero-order valence-corrected chi connectivity index (χ0v) is 16.7. The molecule has 0 saturated carbocycles. The van der Waals surface area contributed by atoms with Crippen LogP contribution in [0.15, 0.2) is 29.2 Å². The lowest BCUT2D eigenvalue weighted by atomic mass is 10.2. The van der Waals surface area contributed by atoms with Crippen molar-refractivity contribution in [3.05, 3.63) is 29.8 Å². The lowest BCUT2D eigenvalue weighted by Gasteiger charge is -2.32. The first-order valence-electron chi connectivity index (χ1n) is 8.65. The van der Waals surface area contributed by atoms with Crippen LogP contribution in [-0.4, -0.2) is 81.9 Å². The Morgan fingerprint density at radius 1 is 1.12 bits per heavy atom. The van der Waals surface area contributed by atoms with Gasteiger partial charge in [0.05, 0.1) is 4.90 Å². The monoisotopic (exact) mass is 388 g/mol. The molecule has 1 aromatic rings. The van der Waals surface area contributed by atoms with Crippen LogP contribution in [0.5, 0.6) is 0 Å². The van der Waals surface area contributed by atoms with Crippen LogP contribution in [0.4, 0.5) is 0 Å². The third-order valence-corrected chi connectivity index (χ3v) is 6.73. The fourth-order valence-corrected chi connectivity index (χ4v) is 5.05. The molecule has 1 aromatic carbocycles. The summed E-state index contributed by atoms with van der Waals surface area (Å²) in [6.45, 7) is 6.07. The molecule has 0 aromatic heterocycles. The topological polar surface area (TPSA) is 55.9 Å². The van der Waals surface area contributed by atoms with Crippen molar-refractivity contribution in [3.8, 4) is 0 Å². The molecule has 1 atom stereocenters. The maximum atomic E-state index is 12.9. The molecule has 0 aliphatic carbocycles. The average molecular weight is 389 g/mol. The summed E-state index contributed by atoms with van der Waals surface area (Å²) in [5.74, 6) is 0. The Morgan fingerprint density at radius 3 is 2.36 bits per heavy atom. The standard InChI is InChI=1S/C17H28N4O2S.ClH/c1-19(2)13-15-3-5-17(6-4-15)24(22,23)21-10-7-16(14-21)20-11-8-18-9-12-20;/h3-6,16,18H,7-14H2,1-2H3;1H. The van der Waals surface area contributed by atoms with Crippen molar-refractivity contribution in [1.29, 1.82) is 0 Å². The van der Waals surface area contributed by atoms with Crippen LogP contribution in [0.25, 0.3) is 0 Å². The Balaban J connectivity index is 0.00000225. The summed E-state index contributed by atoms with van der Waals surface area (Å²) in [6.07, 6.45) is 0.929. The molecule has 1 N–H and O–H groups in total. The SMILES string of the molecule is CN(C)Cc1ccc(S(=O)(=O)N2CCC(N3CCNCC3)C2)cc1.Cl. The van der Waals surface area contributed by atoms with Gasteiger partial charge in [-0.3, -0.25) is 4.90 Å². The predicted molar refractivity (Wildman–Crippen MR) is 103 cm³/mol. The number of nitrogens with one attached hydrogen (secondary N) is 1. The molecule has 2 saturated heterocycles. The summed E-state index contributed by atoms with van der Waals surface area (Å²) in [7, 11) is 0.632. The third-order valence-electron chi connectivity index (χ3n) is 4.85. The number of piperazine rings is 1. The van der Waals surface area contributed by atoms with Gasteiger partial charge in [0.1, 0.15) is 0 Å². The number of nitrogens with zero attached hydrogens (tertiary/aromatic N) is 3. The summed E-state index contributed by atoms with van der Waals surface area (Å²) in [5.41, 5.74) is 1.12. The highest BCUT2D eigenvalue weighted by molar-refractivity contribution is 7.89. The van der Waals surface area contributed by atoms with Crippen LogP contribution >= 0.6 is 12.4 Å². The van der Waals surface area contributed by atoms with Crippen LogP contribution < -0.4 is 5.32 Å². The highest BCUT2D eigenvalue weighted by atomic mass is 35.5. The van der Waals surface area contributed by atoms with Gasteiger partial charge in [0.2, 0.25) is 10.0 Å². The van der Waals surface area contributed by atoms with Gasteiger partial charge < -0.3 is 10.2 Å². The number of benzene rings is 1. The van der Waals surface area contributed by atoms with Crippen molar-refractivity contribution in [1.82, 2.24) is 19.4 Å². The number of rotatable bonds is 5. The van der Waals surface area contributed by atoms with Gasteiger partial charge in [0.15, 0.2) is 0 Å². The van der Waals surface area contributed by atoms with E-state index >= 15 is 0 Å². The first kappa shape index (κ1) is 20.6. The van der Waals surface area contributed by atoms with E-state index in [0.29, 0.717) is 24.0 Å². The van der Waals surface area contributed by atoms with E-state index in [1.165, 1.54) is 0 Å². The van der Waals surface area contributed by atoms with E-state index < -0.39 is 10.0 Å². The first-order valence-corrected chi connectivity index (χ1v) is 10.1. The van der Waals surface area contributed by atoms with Gasteiger partial charge in [-0.1, -0.05) is 12.1 Å². The minimum absolute atomic E-state index is 0. The zero-order valence-electron chi connectivity index (χ0n) is 15.0. The molecule has 0 amide bonds. The fraction of sp³-hybridized carbons (Fsp3) is 0.647. The Kier molecular flexibility index (Phi) is 7.25. The normalized spacial score (nSPS) is 22.9. The van der Waals surface area contributed by atoms with E-state index in [-0.39, 0.29) is 12.4 Å². The largest absolute Gasteiger partial charge is 0.314 e. The Hall–Kier alpha value is -0.700. The van der Waals surface area contributed by atoms with Crippen molar-refractivity contribution in [3.63, 3.8) is 0 Å². The van der Waals surface area contributed by atoms with Crippen molar-refractivity contribution >= 4 is 22.4 Å². The molecule has 0 radical (unpaired) electrons. The van der Waals surface area contributed by atoms with Crippen LogP contribution in [0.1, 0.15) is 12.0 Å². The summed E-state index contributed by atoms with van der Waals surface area (Å²) in [4.78, 5) is 4.90. The number of hydrogen-bond donors (Lipinski definition) is 1. The van der Waals surface area contributed by atoms with Crippen molar-refractivity contribution in [2.45, 2.75) is 23.9 Å². The van der Waals surface area contributed by atoms with E-state index in [1.54, 1.807) is 16.4 Å². The molecule has 6 nitrogen and oxygen atoms in total. The molecule has 2 aliphatic heterocycles. The van der Waals surface area contributed by atoms with Gasteiger partial charge in [-0.05, 0) is 38.2 Å². The lowest BCUT2D eigenvalue weighted by Crippen LogP contribution is -2.49. The summed E-state index contributed by atoms with van der Waals surface area (Å²) in [6, 6.07) is 7.67. The smallest absolute Gasteiger partial charge is 0.243 e. The second-order valence-electron chi connectivity index (χ2n) is 6.97. The van der Waals surface area contributed by atoms with E-state index in [1.807, 2.05) is 26.2 Å². The van der Waals surface area contributed by atoms with Crippen LogP contribution in [0, 0.1) is 0 Å². The van der Waals surface area contributed by atoms with Gasteiger partial charge in [-0.25, -0.2) is 8.42 Å². The summed E-state index contributed by atoms with van der Waals surface area (Å²) >= 11 is 0. The average Bonchev–Trinajstić information content (AvgIpc) is 3.06. The molecule has 2 heterocycles. The van der Waals surface area contributed by atoms with Crippen molar-refractivity contribution < 1.29 is 8.42 Å². The molecular formula is C17H29ClN4O2S. The molecule has 2 aliphatic rings. The predicted octanol–water partition coefficient (Wildman–Crippen LogP) is 0.838. The molecule has 142 valence electrons. The minimum atomic E-state index is -3.38. The van der Waals surface area contributed by atoms with Gasteiger partial charge >= 0.3 is 0 Å². The second kappa shape index (κ2) is 8.79. The third kappa shape index (κ3) is 4.93. The van der Waals surface area contributed by atoms with E-state index in [4.69, 9.17) is 0 Å². The van der Waals surface area contributed by atoms with E-state index in [0.717, 1.165) is 44.7 Å². The number of halogens is 1. The van der Waals surface area contributed by atoms with E-state index in [2.05, 4.69) is 15.1 Å². The Morgan fingerprint density at radius 2 is 1.76 bits per heavy atom. The zero-order chi connectivity index (χ0) is 17.2. The van der Waals surface area contributed by atoms with Crippen LogP contribution in [0.2, 0.25) is 0 Å². The molecule has 8 heteroatoms. The van der Waals surface area contributed by atoms with Gasteiger partial charge in [0.25, 0.3) is 0 Å². The highest BCUT2D eigenvalue weighted by Gasteiger charge is 2.35. The molecule has 25 heavy (non-hydrogen) atoms. The number of sulfonamides is 1. The van der Waals surface area contributed by atoms with Crippen LogP contribution in [0.3, 0.4) is 0 Å². The van der Waals surface area contributed by atoms with Gasteiger partial charge in [0, 0.05) is 51.9 Å². The molecule has 3 rings (SSSR count).